The van der Waals surface area contributed by atoms with Gasteiger partial charge in [-0.05, 0) is 55.7 Å². The Balaban J connectivity index is 1.33. The zero-order valence-corrected chi connectivity index (χ0v) is 19.6. The van der Waals surface area contributed by atoms with Crippen LogP contribution in [0.1, 0.15) is 51.2 Å². The summed E-state index contributed by atoms with van der Waals surface area (Å²) in [7, 11) is 0. The number of anilines is 1. The lowest BCUT2D eigenvalue weighted by atomic mass is 9.97. The van der Waals surface area contributed by atoms with Crippen LogP contribution in [-0.4, -0.2) is 48.0 Å². The van der Waals surface area contributed by atoms with Gasteiger partial charge in [-0.3, -0.25) is 9.59 Å². The molecular formula is C24H23N7O2S. The summed E-state index contributed by atoms with van der Waals surface area (Å²) in [6.07, 6.45) is 4.05. The third-order valence-corrected chi connectivity index (χ3v) is 6.49. The predicted octanol–water partition coefficient (Wildman–Crippen LogP) is 3.83. The second kappa shape index (κ2) is 9.14. The molecule has 2 amide bonds. The van der Waals surface area contributed by atoms with Crippen molar-refractivity contribution in [2.45, 2.75) is 32.9 Å². The second-order valence-corrected chi connectivity index (χ2v) is 9.21. The Hall–Kier alpha value is -3.92. The van der Waals surface area contributed by atoms with E-state index in [2.05, 4.69) is 25.5 Å². The minimum Gasteiger partial charge on any atom is -0.332 e. The Bertz CT molecular complexity index is 1350. The molecule has 34 heavy (non-hydrogen) atoms. The van der Waals surface area contributed by atoms with Crippen molar-refractivity contribution < 1.29 is 9.59 Å². The number of nitrogens with zero attached hydrogens (tertiary/aromatic N) is 6. The Morgan fingerprint density at radius 1 is 1.15 bits per heavy atom. The van der Waals surface area contributed by atoms with E-state index in [1.165, 1.54) is 11.3 Å². The van der Waals surface area contributed by atoms with Crippen molar-refractivity contribution in [3.8, 4) is 11.5 Å². The quantitative estimate of drug-likeness (QED) is 0.472. The summed E-state index contributed by atoms with van der Waals surface area (Å²) in [6.45, 7) is 5.17. The van der Waals surface area contributed by atoms with Gasteiger partial charge in [0, 0.05) is 36.3 Å². The highest BCUT2D eigenvalue weighted by molar-refractivity contribution is 7.11. The summed E-state index contributed by atoms with van der Waals surface area (Å²) in [5.74, 6) is 0.732. The maximum absolute atomic E-state index is 13.0. The van der Waals surface area contributed by atoms with E-state index >= 15 is 0 Å². The monoisotopic (exact) mass is 473 g/mol. The molecule has 4 aromatic rings. The normalized spacial score (nSPS) is 13.1. The Morgan fingerprint density at radius 2 is 2.03 bits per heavy atom. The van der Waals surface area contributed by atoms with Crippen LogP contribution < -0.4 is 5.32 Å². The number of fused-ring (bicyclic) bond motifs is 1. The number of carbonyl (C=O) groups excluding carboxylic acids is 2. The molecule has 0 radical (unpaired) electrons. The molecule has 0 spiro atoms. The summed E-state index contributed by atoms with van der Waals surface area (Å²) in [5.41, 5.74) is 3.26. The maximum Gasteiger partial charge on any atom is 0.283 e. The van der Waals surface area contributed by atoms with Crippen LogP contribution in [0.4, 0.5) is 5.82 Å². The third kappa shape index (κ3) is 4.32. The van der Waals surface area contributed by atoms with Crippen LogP contribution in [0.5, 0.6) is 0 Å². The molecule has 9 nitrogen and oxygen atoms in total. The first-order chi connectivity index (χ1) is 16.5. The molecule has 1 aromatic carbocycles. The second-order valence-electron chi connectivity index (χ2n) is 8.32. The summed E-state index contributed by atoms with van der Waals surface area (Å²) in [5, 5.41) is 13.3. The molecule has 10 heteroatoms. The van der Waals surface area contributed by atoms with Crippen LogP contribution in [-0.2, 0) is 13.0 Å². The van der Waals surface area contributed by atoms with Gasteiger partial charge in [-0.1, -0.05) is 12.1 Å². The minimum atomic E-state index is -0.263. The van der Waals surface area contributed by atoms with Gasteiger partial charge in [0.2, 0.25) is 0 Å². The van der Waals surface area contributed by atoms with Crippen LogP contribution in [0.15, 0.2) is 54.3 Å². The molecule has 4 heterocycles. The van der Waals surface area contributed by atoms with Gasteiger partial charge in [-0.2, -0.15) is 0 Å². The van der Waals surface area contributed by atoms with Gasteiger partial charge in [-0.25, -0.2) is 9.97 Å². The molecule has 172 valence electrons. The van der Waals surface area contributed by atoms with Crippen molar-refractivity contribution in [1.82, 2.24) is 29.6 Å². The average molecular weight is 474 g/mol. The van der Waals surface area contributed by atoms with E-state index in [0.717, 1.165) is 17.5 Å². The highest BCUT2D eigenvalue weighted by Gasteiger charge is 2.24. The zero-order chi connectivity index (χ0) is 23.7. The maximum atomic E-state index is 13.0. The van der Waals surface area contributed by atoms with Crippen LogP contribution in [0.25, 0.3) is 11.5 Å². The van der Waals surface area contributed by atoms with Crippen molar-refractivity contribution in [1.29, 1.82) is 0 Å². The number of amides is 2. The zero-order valence-electron chi connectivity index (χ0n) is 18.8. The molecule has 5 rings (SSSR count). The van der Waals surface area contributed by atoms with E-state index in [9.17, 15) is 9.59 Å². The van der Waals surface area contributed by atoms with Crippen molar-refractivity contribution in [3.05, 3.63) is 76.0 Å². The molecule has 1 aliphatic heterocycles. The molecule has 0 atom stereocenters. The van der Waals surface area contributed by atoms with Crippen molar-refractivity contribution in [3.63, 3.8) is 0 Å². The molecule has 0 unspecified atom stereocenters. The predicted molar refractivity (Wildman–Crippen MR) is 129 cm³/mol. The van der Waals surface area contributed by atoms with Crippen LogP contribution in [0, 0.1) is 0 Å². The van der Waals surface area contributed by atoms with Gasteiger partial charge in [0.25, 0.3) is 11.8 Å². The SMILES string of the molecule is CC(C)n1cnnc1-c1cccc(NC(=O)c2ccc3c(c2)CN(C(=O)c2nccs2)CC3)n1. The van der Waals surface area contributed by atoms with Gasteiger partial charge < -0.3 is 14.8 Å². The van der Waals surface area contributed by atoms with E-state index in [0.29, 0.717) is 41.0 Å². The fraction of sp³-hybridized carbons (Fsp3) is 0.250. The smallest absolute Gasteiger partial charge is 0.283 e. The molecule has 0 saturated carbocycles. The van der Waals surface area contributed by atoms with Crippen molar-refractivity contribution in [2.75, 3.05) is 11.9 Å². The van der Waals surface area contributed by atoms with Gasteiger partial charge in [-0.15, -0.1) is 21.5 Å². The van der Waals surface area contributed by atoms with E-state index in [4.69, 9.17) is 0 Å². The largest absolute Gasteiger partial charge is 0.332 e. The number of hydrogen-bond acceptors (Lipinski definition) is 7. The lowest BCUT2D eigenvalue weighted by Crippen LogP contribution is -2.36. The van der Waals surface area contributed by atoms with Gasteiger partial charge >= 0.3 is 0 Å². The standard InChI is InChI=1S/C24H23N7O2S/c1-15(2)31-14-26-29-21(31)19-4-3-5-20(27-19)28-22(32)17-7-6-16-8-10-30(13-18(16)12-17)24(33)23-25-9-11-34-23/h3-7,9,11-12,14-15H,8,10,13H2,1-2H3,(H,27,28,32). The number of thiazole rings is 1. The van der Waals surface area contributed by atoms with Crippen LogP contribution in [0.2, 0.25) is 0 Å². The molecule has 1 N–H and O–H groups in total. The Kier molecular flexibility index (Phi) is 5.89. The third-order valence-electron chi connectivity index (χ3n) is 5.73. The van der Waals surface area contributed by atoms with Crippen LogP contribution in [0.3, 0.4) is 0 Å². The number of carbonyl (C=O) groups is 2. The Morgan fingerprint density at radius 3 is 2.82 bits per heavy atom. The molecular weight excluding hydrogens is 450 g/mol. The Labute approximate surface area is 200 Å². The summed E-state index contributed by atoms with van der Waals surface area (Å²) in [6, 6.07) is 11.2. The highest BCUT2D eigenvalue weighted by Crippen LogP contribution is 2.24. The molecule has 0 bridgehead atoms. The van der Waals surface area contributed by atoms with E-state index in [-0.39, 0.29) is 17.9 Å². The first kappa shape index (κ1) is 21.9. The molecule has 3 aromatic heterocycles. The fourth-order valence-corrected chi connectivity index (χ4v) is 4.56. The highest BCUT2D eigenvalue weighted by atomic mass is 32.1. The number of hydrogen-bond donors (Lipinski definition) is 1. The number of benzene rings is 1. The lowest BCUT2D eigenvalue weighted by Gasteiger charge is -2.28. The van der Waals surface area contributed by atoms with Crippen LogP contribution >= 0.6 is 11.3 Å². The number of rotatable bonds is 5. The first-order valence-corrected chi connectivity index (χ1v) is 11.9. The topological polar surface area (TPSA) is 106 Å². The summed E-state index contributed by atoms with van der Waals surface area (Å²) >= 11 is 1.33. The molecule has 1 aliphatic rings. The van der Waals surface area contributed by atoms with Gasteiger partial charge in [0.05, 0.1) is 0 Å². The minimum absolute atomic E-state index is 0.0780. The number of nitrogens with one attached hydrogen (secondary N) is 1. The molecule has 0 fully saturated rings. The molecule has 0 saturated heterocycles. The van der Waals surface area contributed by atoms with Crippen molar-refractivity contribution >= 4 is 29.0 Å². The average Bonchev–Trinajstić information content (AvgIpc) is 3.56. The first-order valence-electron chi connectivity index (χ1n) is 11.0. The van der Waals surface area contributed by atoms with Gasteiger partial charge in [0.1, 0.15) is 17.8 Å². The lowest BCUT2D eigenvalue weighted by molar-refractivity contribution is 0.0734. The number of aromatic nitrogens is 5. The number of pyridine rings is 1. The van der Waals surface area contributed by atoms with Crippen molar-refractivity contribution in [2.24, 2.45) is 0 Å². The summed E-state index contributed by atoms with van der Waals surface area (Å²) < 4.78 is 1.93. The van der Waals surface area contributed by atoms with Gasteiger partial charge in [0.15, 0.2) is 10.8 Å². The van der Waals surface area contributed by atoms with E-state index < -0.39 is 0 Å². The van der Waals surface area contributed by atoms with E-state index in [1.54, 1.807) is 28.9 Å². The fourth-order valence-electron chi connectivity index (χ4n) is 3.96. The van der Waals surface area contributed by atoms with E-state index in [1.807, 2.05) is 48.7 Å². The summed E-state index contributed by atoms with van der Waals surface area (Å²) in [4.78, 5) is 36.2. The molecule has 0 aliphatic carbocycles.